The van der Waals surface area contributed by atoms with Crippen molar-refractivity contribution in [1.29, 1.82) is 0 Å². The summed E-state index contributed by atoms with van der Waals surface area (Å²) < 4.78 is 6.55. The molecule has 7 aromatic carbocycles. The Labute approximate surface area is 393 Å². The van der Waals surface area contributed by atoms with Crippen molar-refractivity contribution < 1.29 is 4.42 Å². The average molecular weight is 865 g/mol. The van der Waals surface area contributed by atoms with Crippen molar-refractivity contribution >= 4 is 79.2 Å². The van der Waals surface area contributed by atoms with Gasteiger partial charge in [0.2, 0.25) is 0 Å². The van der Waals surface area contributed by atoms with Crippen molar-refractivity contribution in [3.05, 3.63) is 161 Å². The van der Waals surface area contributed by atoms with E-state index in [-0.39, 0.29) is 33.8 Å². The standard InChI is InChI=1S/C62H65BN2O/c1-58(2,3)39-23-28-43(29-24-39)65-52-37-48-47(61(10,11)31-32-62(48,12)13)36-50(52)63-49-30-25-40(59(4,5)6)33-51(49)64(53-34-41(60(7,8)9)35-54(65)56(53)63)42-26-21-38(22-27-42)44-18-16-19-46-45-17-14-15-20-55(45)66-57(44)46/h14-30,33-37H,31-32H2,1-13H3. The molecule has 0 spiro atoms. The third kappa shape index (κ3) is 6.60. The summed E-state index contributed by atoms with van der Waals surface area (Å²) in [5.74, 6) is 0. The first kappa shape index (κ1) is 42.6. The predicted molar refractivity (Wildman–Crippen MR) is 285 cm³/mol. The van der Waals surface area contributed by atoms with Crippen LogP contribution in [0.25, 0.3) is 33.1 Å². The third-order valence-corrected chi connectivity index (χ3v) is 15.6. The van der Waals surface area contributed by atoms with Gasteiger partial charge in [0.15, 0.2) is 0 Å². The largest absolute Gasteiger partial charge is 0.455 e. The number of nitrogens with zero attached hydrogens (tertiary/aromatic N) is 2. The lowest BCUT2D eigenvalue weighted by Gasteiger charge is -2.48. The van der Waals surface area contributed by atoms with Crippen LogP contribution in [0.3, 0.4) is 0 Å². The molecule has 3 aliphatic rings. The summed E-state index contributed by atoms with van der Waals surface area (Å²) in [5.41, 5.74) is 22.7. The number of benzene rings is 7. The molecule has 0 saturated carbocycles. The van der Waals surface area contributed by atoms with Crippen LogP contribution in [0.1, 0.15) is 131 Å². The number of anilines is 6. The zero-order chi connectivity index (χ0) is 46.5. The number of furan rings is 1. The van der Waals surface area contributed by atoms with Gasteiger partial charge in [-0.25, -0.2) is 0 Å². The minimum atomic E-state index is -0.112. The predicted octanol–water partition coefficient (Wildman–Crippen LogP) is 15.6. The number of hydrogen-bond donors (Lipinski definition) is 0. The van der Waals surface area contributed by atoms with E-state index in [9.17, 15) is 0 Å². The highest BCUT2D eigenvalue weighted by Gasteiger charge is 2.47. The summed E-state index contributed by atoms with van der Waals surface area (Å²) in [6.07, 6.45) is 2.34. The van der Waals surface area contributed by atoms with Crippen molar-refractivity contribution in [3.8, 4) is 11.1 Å². The van der Waals surface area contributed by atoms with Crippen molar-refractivity contribution in [3.63, 3.8) is 0 Å². The Hall–Kier alpha value is -6.00. The van der Waals surface area contributed by atoms with Gasteiger partial charge in [-0.3, -0.25) is 0 Å². The summed E-state index contributed by atoms with van der Waals surface area (Å²) >= 11 is 0. The zero-order valence-electron chi connectivity index (χ0n) is 41.5. The van der Waals surface area contributed by atoms with Gasteiger partial charge in [0.1, 0.15) is 11.2 Å². The molecule has 11 rings (SSSR count). The SMILES string of the molecule is CC(C)(C)c1ccc(N2c3cc4c(cc3B3c5ccc(C(C)(C)C)cc5N(c5ccc(-c6cccc7c6oc6ccccc67)cc5)c5cc(C(C)(C)C)cc2c53)C(C)(C)CCC4(C)C)cc1. The van der Waals surface area contributed by atoms with Crippen LogP contribution < -0.4 is 26.2 Å². The number of para-hydroxylation sites is 2. The average Bonchev–Trinajstić information content (AvgIpc) is 3.65. The lowest BCUT2D eigenvalue weighted by atomic mass is 9.33. The fourth-order valence-electron chi connectivity index (χ4n) is 11.4. The van der Waals surface area contributed by atoms with Gasteiger partial charge < -0.3 is 14.2 Å². The fraction of sp³-hybridized carbons (Fsp3) is 0.323. The van der Waals surface area contributed by atoms with Crippen molar-refractivity contribution in [2.75, 3.05) is 9.80 Å². The van der Waals surface area contributed by atoms with Crippen LogP contribution in [0.4, 0.5) is 34.1 Å². The van der Waals surface area contributed by atoms with Crippen LogP contribution in [-0.4, -0.2) is 6.71 Å². The highest BCUT2D eigenvalue weighted by Crippen LogP contribution is 2.51. The molecule has 0 saturated heterocycles. The quantitative estimate of drug-likeness (QED) is 0.165. The molecule has 8 aromatic rings. The van der Waals surface area contributed by atoms with Crippen molar-refractivity contribution in [1.82, 2.24) is 0 Å². The molecular weight excluding hydrogens is 800 g/mol. The molecule has 4 heteroatoms. The number of fused-ring (bicyclic) bond motifs is 8. The van der Waals surface area contributed by atoms with Crippen LogP contribution in [-0.2, 0) is 27.1 Å². The Balaban J connectivity index is 1.20. The minimum Gasteiger partial charge on any atom is -0.455 e. The normalized spacial score (nSPS) is 16.3. The van der Waals surface area contributed by atoms with Gasteiger partial charge in [0.25, 0.3) is 6.71 Å². The van der Waals surface area contributed by atoms with Gasteiger partial charge in [-0.05, 0) is 144 Å². The molecule has 0 radical (unpaired) electrons. The van der Waals surface area contributed by atoms with E-state index >= 15 is 0 Å². The van der Waals surface area contributed by atoms with Crippen LogP contribution in [0.2, 0.25) is 0 Å². The maximum absolute atomic E-state index is 6.55. The molecule has 3 nitrogen and oxygen atoms in total. The van der Waals surface area contributed by atoms with Gasteiger partial charge in [0, 0.05) is 50.5 Å². The smallest absolute Gasteiger partial charge is 0.252 e. The first-order chi connectivity index (χ1) is 31.1. The van der Waals surface area contributed by atoms with Crippen molar-refractivity contribution in [2.24, 2.45) is 0 Å². The molecule has 332 valence electrons. The highest BCUT2D eigenvalue weighted by molar-refractivity contribution is 7.00. The van der Waals surface area contributed by atoms with Gasteiger partial charge >= 0.3 is 0 Å². The Bertz CT molecular complexity index is 3250. The van der Waals surface area contributed by atoms with E-state index in [0.717, 1.165) is 38.8 Å². The molecule has 3 heterocycles. The Morgan fingerprint density at radius 2 is 0.985 bits per heavy atom. The van der Waals surface area contributed by atoms with E-state index < -0.39 is 0 Å². The molecule has 1 aliphatic carbocycles. The van der Waals surface area contributed by atoms with E-state index in [1.54, 1.807) is 0 Å². The molecule has 0 bridgehead atoms. The molecule has 66 heavy (non-hydrogen) atoms. The van der Waals surface area contributed by atoms with Gasteiger partial charge in [0.05, 0.1) is 0 Å². The molecule has 0 N–H and O–H groups in total. The molecule has 1 aromatic heterocycles. The van der Waals surface area contributed by atoms with E-state index in [1.807, 2.05) is 0 Å². The second kappa shape index (κ2) is 14.3. The summed E-state index contributed by atoms with van der Waals surface area (Å²) in [6.45, 7) is 31.0. The van der Waals surface area contributed by atoms with E-state index in [1.165, 1.54) is 85.5 Å². The van der Waals surface area contributed by atoms with Gasteiger partial charge in [-0.15, -0.1) is 0 Å². The Kier molecular flexibility index (Phi) is 9.21. The molecule has 2 aliphatic heterocycles. The van der Waals surface area contributed by atoms with E-state index in [4.69, 9.17) is 4.42 Å². The molecule has 0 fully saturated rings. The topological polar surface area (TPSA) is 19.6 Å². The van der Waals surface area contributed by atoms with Crippen molar-refractivity contribution in [2.45, 2.75) is 130 Å². The summed E-state index contributed by atoms with van der Waals surface area (Å²) in [4.78, 5) is 5.23. The monoisotopic (exact) mass is 865 g/mol. The van der Waals surface area contributed by atoms with Gasteiger partial charge in [-0.2, -0.15) is 0 Å². The number of rotatable bonds is 3. The molecule has 0 atom stereocenters. The zero-order valence-corrected chi connectivity index (χ0v) is 41.5. The van der Waals surface area contributed by atoms with Crippen LogP contribution in [0.5, 0.6) is 0 Å². The Morgan fingerprint density at radius 1 is 0.470 bits per heavy atom. The highest BCUT2D eigenvalue weighted by atomic mass is 16.3. The first-order valence-corrected chi connectivity index (χ1v) is 24.3. The fourth-order valence-corrected chi connectivity index (χ4v) is 11.4. The number of hydrogen-bond acceptors (Lipinski definition) is 3. The maximum atomic E-state index is 6.55. The third-order valence-electron chi connectivity index (χ3n) is 15.6. The molecule has 0 unspecified atom stereocenters. The van der Waals surface area contributed by atoms with E-state index in [2.05, 4.69) is 233 Å². The lowest BCUT2D eigenvalue weighted by molar-refractivity contribution is 0.332. The summed E-state index contributed by atoms with van der Waals surface area (Å²) in [6, 6.07) is 51.3. The lowest BCUT2D eigenvalue weighted by Crippen LogP contribution is -2.62. The second-order valence-electron chi connectivity index (χ2n) is 24.2. The second-order valence-corrected chi connectivity index (χ2v) is 24.2. The first-order valence-electron chi connectivity index (χ1n) is 24.3. The summed E-state index contributed by atoms with van der Waals surface area (Å²) in [7, 11) is 0. The molecular formula is C62H65BN2O. The summed E-state index contributed by atoms with van der Waals surface area (Å²) in [5, 5.41) is 2.30. The van der Waals surface area contributed by atoms with Crippen LogP contribution in [0.15, 0.2) is 138 Å². The van der Waals surface area contributed by atoms with Gasteiger partial charge in [-0.1, -0.05) is 169 Å². The van der Waals surface area contributed by atoms with E-state index in [0.29, 0.717) is 0 Å². The van der Waals surface area contributed by atoms with Crippen LogP contribution >= 0.6 is 0 Å². The maximum Gasteiger partial charge on any atom is 0.252 e. The minimum absolute atomic E-state index is 0.0380. The Morgan fingerprint density at radius 3 is 1.59 bits per heavy atom. The van der Waals surface area contributed by atoms with Crippen LogP contribution in [0, 0.1) is 0 Å². The molecule has 0 amide bonds.